The Morgan fingerprint density at radius 2 is 1.41 bits per heavy atom. The number of alkyl carbamates (subject to hydrolysis) is 1. The van der Waals surface area contributed by atoms with Crippen molar-refractivity contribution in [2.75, 3.05) is 7.11 Å². The molecule has 1 aliphatic rings. The van der Waals surface area contributed by atoms with Crippen molar-refractivity contribution in [1.29, 1.82) is 0 Å². The van der Waals surface area contributed by atoms with E-state index in [4.69, 9.17) is 9.47 Å². The van der Waals surface area contributed by atoms with Gasteiger partial charge in [-0.25, -0.2) is 9.59 Å². The van der Waals surface area contributed by atoms with E-state index in [1.165, 1.54) is 7.11 Å². The summed E-state index contributed by atoms with van der Waals surface area (Å²) in [6.07, 6.45) is -0.175. The van der Waals surface area contributed by atoms with E-state index in [0.29, 0.717) is 0 Å². The van der Waals surface area contributed by atoms with Crippen LogP contribution in [-0.4, -0.2) is 42.3 Å². The standard InChI is InChI=1S/C27H34N2O5/c1-17(2)22(28-25(32)34-26(3,4)5)23(30)29-27(24(31)33-6)15-18-11-7-9-13-20(18)21-14-10-8-12-19(21)16-27/h7-14,17,22H,15-16H2,1-6H3,(H,28,32)(H,29,30)/t22-/m0/s1. The highest BCUT2D eigenvalue weighted by Gasteiger charge is 2.45. The number of ether oxygens (including phenoxy) is 2. The zero-order chi connectivity index (χ0) is 25.1. The smallest absolute Gasteiger partial charge is 0.408 e. The van der Waals surface area contributed by atoms with Crippen molar-refractivity contribution in [3.05, 3.63) is 59.7 Å². The highest BCUT2D eigenvalue weighted by atomic mass is 16.6. The number of carbonyl (C=O) groups is 3. The van der Waals surface area contributed by atoms with Gasteiger partial charge < -0.3 is 20.1 Å². The summed E-state index contributed by atoms with van der Waals surface area (Å²) in [6.45, 7) is 8.91. The Balaban J connectivity index is 1.99. The van der Waals surface area contributed by atoms with E-state index in [0.717, 1.165) is 22.3 Å². The van der Waals surface area contributed by atoms with Crippen molar-refractivity contribution in [1.82, 2.24) is 10.6 Å². The van der Waals surface area contributed by atoms with E-state index in [1.54, 1.807) is 20.8 Å². The molecule has 34 heavy (non-hydrogen) atoms. The van der Waals surface area contributed by atoms with E-state index >= 15 is 0 Å². The van der Waals surface area contributed by atoms with Crippen LogP contribution in [0.15, 0.2) is 48.5 Å². The quantitative estimate of drug-likeness (QED) is 0.649. The maximum absolute atomic E-state index is 13.5. The number of hydrogen-bond acceptors (Lipinski definition) is 5. The third-order valence-corrected chi connectivity index (χ3v) is 5.87. The van der Waals surface area contributed by atoms with E-state index in [9.17, 15) is 14.4 Å². The van der Waals surface area contributed by atoms with Gasteiger partial charge in [-0.2, -0.15) is 0 Å². The Morgan fingerprint density at radius 3 is 1.85 bits per heavy atom. The van der Waals surface area contributed by atoms with Gasteiger partial charge in [-0.3, -0.25) is 4.79 Å². The summed E-state index contributed by atoms with van der Waals surface area (Å²) in [6, 6.07) is 14.8. The summed E-state index contributed by atoms with van der Waals surface area (Å²) in [7, 11) is 1.32. The third kappa shape index (κ3) is 5.58. The molecule has 0 saturated carbocycles. The van der Waals surface area contributed by atoms with Gasteiger partial charge in [0.15, 0.2) is 0 Å². The summed E-state index contributed by atoms with van der Waals surface area (Å²) < 4.78 is 10.5. The monoisotopic (exact) mass is 466 g/mol. The summed E-state index contributed by atoms with van der Waals surface area (Å²) >= 11 is 0. The molecular formula is C27H34N2O5. The fourth-order valence-corrected chi connectivity index (χ4v) is 4.35. The molecule has 0 unspecified atom stereocenters. The van der Waals surface area contributed by atoms with Crippen molar-refractivity contribution in [3.8, 4) is 11.1 Å². The molecule has 2 aromatic carbocycles. The first kappa shape index (κ1) is 25.3. The van der Waals surface area contributed by atoms with Gasteiger partial charge in [-0.05, 0) is 48.9 Å². The zero-order valence-electron chi connectivity index (χ0n) is 20.7. The van der Waals surface area contributed by atoms with Crippen LogP contribution in [-0.2, 0) is 31.9 Å². The van der Waals surface area contributed by atoms with Crippen molar-refractivity contribution in [2.24, 2.45) is 5.92 Å². The number of amides is 2. The number of methoxy groups -OCH3 is 1. The first-order valence-electron chi connectivity index (χ1n) is 11.5. The van der Waals surface area contributed by atoms with Crippen molar-refractivity contribution < 1.29 is 23.9 Å². The Kier molecular flexibility index (Phi) is 7.34. The maximum atomic E-state index is 13.5. The molecule has 182 valence electrons. The van der Waals surface area contributed by atoms with Gasteiger partial charge >= 0.3 is 12.1 Å². The number of hydrogen-bond donors (Lipinski definition) is 2. The minimum atomic E-state index is -1.34. The molecule has 0 fully saturated rings. The molecule has 7 nitrogen and oxygen atoms in total. The largest absolute Gasteiger partial charge is 0.467 e. The topological polar surface area (TPSA) is 93.7 Å². The molecule has 0 radical (unpaired) electrons. The van der Waals surface area contributed by atoms with E-state index in [2.05, 4.69) is 10.6 Å². The van der Waals surface area contributed by atoms with E-state index in [-0.39, 0.29) is 18.8 Å². The SMILES string of the molecule is COC(=O)C1(NC(=O)[C@@H](NC(=O)OC(C)(C)C)C(C)C)Cc2ccccc2-c2ccccc2C1. The Morgan fingerprint density at radius 1 is 0.912 bits per heavy atom. The van der Waals surface area contributed by atoms with Crippen LogP contribution in [0, 0.1) is 5.92 Å². The second-order valence-corrected chi connectivity index (χ2v) is 10.1. The van der Waals surface area contributed by atoms with Gasteiger partial charge in [0, 0.05) is 12.8 Å². The number of carbonyl (C=O) groups excluding carboxylic acids is 3. The molecular weight excluding hydrogens is 432 g/mol. The molecule has 2 aromatic rings. The first-order chi connectivity index (χ1) is 16.0. The summed E-state index contributed by atoms with van der Waals surface area (Å²) in [5.41, 5.74) is 1.86. The minimum Gasteiger partial charge on any atom is -0.467 e. The van der Waals surface area contributed by atoms with Crippen LogP contribution in [0.25, 0.3) is 11.1 Å². The molecule has 0 bridgehead atoms. The van der Waals surface area contributed by atoms with Crippen LogP contribution in [0.1, 0.15) is 45.7 Å². The number of esters is 1. The predicted molar refractivity (Wildman–Crippen MR) is 130 cm³/mol. The second-order valence-electron chi connectivity index (χ2n) is 10.1. The van der Waals surface area contributed by atoms with Crippen LogP contribution in [0.3, 0.4) is 0 Å². The Hall–Kier alpha value is -3.35. The average molecular weight is 467 g/mol. The van der Waals surface area contributed by atoms with Crippen LogP contribution in [0.4, 0.5) is 4.79 Å². The summed E-state index contributed by atoms with van der Waals surface area (Å²) in [5.74, 6) is -1.25. The van der Waals surface area contributed by atoms with Crippen molar-refractivity contribution >= 4 is 18.0 Å². The van der Waals surface area contributed by atoms with Crippen LogP contribution >= 0.6 is 0 Å². The lowest BCUT2D eigenvalue weighted by Gasteiger charge is -2.34. The number of benzene rings is 2. The molecule has 2 N–H and O–H groups in total. The normalized spacial score (nSPS) is 15.3. The highest BCUT2D eigenvalue weighted by molar-refractivity contribution is 5.93. The molecule has 0 spiro atoms. The van der Waals surface area contributed by atoms with Gasteiger partial charge in [0.05, 0.1) is 7.11 Å². The van der Waals surface area contributed by atoms with Crippen LogP contribution in [0.2, 0.25) is 0 Å². The van der Waals surface area contributed by atoms with Crippen molar-refractivity contribution in [3.63, 3.8) is 0 Å². The molecule has 7 heteroatoms. The lowest BCUT2D eigenvalue weighted by Crippen LogP contribution is -2.62. The third-order valence-electron chi connectivity index (χ3n) is 5.87. The fourth-order valence-electron chi connectivity index (χ4n) is 4.35. The average Bonchev–Trinajstić information content (AvgIpc) is 2.90. The maximum Gasteiger partial charge on any atom is 0.408 e. The molecule has 1 atom stereocenters. The molecule has 0 aliphatic heterocycles. The first-order valence-corrected chi connectivity index (χ1v) is 11.5. The Labute approximate surface area is 201 Å². The number of rotatable bonds is 5. The minimum absolute atomic E-state index is 0.243. The highest BCUT2D eigenvalue weighted by Crippen LogP contribution is 2.36. The molecule has 2 amide bonds. The molecule has 3 rings (SSSR count). The second kappa shape index (κ2) is 9.87. The lowest BCUT2D eigenvalue weighted by molar-refractivity contribution is -0.151. The van der Waals surface area contributed by atoms with Crippen molar-refractivity contribution in [2.45, 2.75) is 64.6 Å². The van der Waals surface area contributed by atoms with Gasteiger partial charge in [-0.1, -0.05) is 62.4 Å². The van der Waals surface area contributed by atoms with Gasteiger partial charge in [0.2, 0.25) is 5.91 Å². The molecule has 0 aromatic heterocycles. The van der Waals surface area contributed by atoms with Crippen LogP contribution in [0.5, 0.6) is 0 Å². The predicted octanol–water partition coefficient (Wildman–Crippen LogP) is 4.03. The fraction of sp³-hybridized carbons (Fsp3) is 0.444. The van der Waals surface area contributed by atoms with E-state index < -0.39 is 35.2 Å². The number of fused-ring (bicyclic) bond motifs is 3. The number of nitrogens with one attached hydrogen (secondary N) is 2. The van der Waals surface area contributed by atoms with Gasteiger partial charge in [0.1, 0.15) is 17.2 Å². The molecule has 1 aliphatic carbocycles. The summed E-state index contributed by atoms with van der Waals surface area (Å²) in [4.78, 5) is 39.2. The molecule has 0 saturated heterocycles. The zero-order valence-corrected chi connectivity index (χ0v) is 20.7. The summed E-state index contributed by atoms with van der Waals surface area (Å²) in [5, 5.41) is 5.64. The molecule has 0 heterocycles. The van der Waals surface area contributed by atoms with Gasteiger partial charge in [0.25, 0.3) is 0 Å². The lowest BCUT2D eigenvalue weighted by atomic mass is 9.85. The van der Waals surface area contributed by atoms with E-state index in [1.807, 2.05) is 62.4 Å². The Bertz CT molecular complexity index is 1020. The van der Waals surface area contributed by atoms with Gasteiger partial charge in [-0.15, -0.1) is 0 Å². The van der Waals surface area contributed by atoms with Crippen LogP contribution < -0.4 is 10.6 Å².